The maximum Gasteiger partial charge on any atom is 0.164 e. The summed E-state index contributed by atoms with van der Waals surface area (Å²) in [5.74, 6) is 1.82. The van der Waals surface area contributed by atoms with Crippen molar-refractivity contribution in [3.63, 3.8) is 0 Å². The largest absolute Gasteiger partial charge is 0.456 e. The van der Waals surface area contributed by atoms with E-state index in [1.165, 1.54) is 21.8 Å². The predicted molar refractivity (Wildman–Crippen MR) is 230 cm³/mol. The van der Waals surface area contributed by atoms with E-state index in [4.69, 9.17) is 23.8 Å². The fourth-order valence-electron chi connectivity index (χ4n) is 8.41. The number of aromatic nitrogens is 4. The summed E-state index contributed by atoms with van der Waals surface area (Å²) in [7, 11) is 0. The highest BCUT2D eigenvalue weighted by atomic mass is 16.3. The van der Waals surface area contributed by atoms with E-state index >= 15 is 0 Å². The van der Waals surface area contributed by atoms with Gasteiger partial charge < -0.3 is 13.4 Å². The Kier molecular flexibility index (Phi) is 6.83. The van der Waals surface area contributed by atoms with Gasteiger partial charge in [0.1, 0.15) is 22.3 Å². The third-order valence-corrected chi connectivity index (χ3v) is 11.1. The molecule has 0 fully saturated rings. The molecule has 266 valence electrons. The fraction of sp³-hybridized carbons (Fsp3) is 0. The zero-order valence-electron chi connectivity index (χ0n) is 30.4. The molecule has 12 rings (SSSR count). The summed E-state index contributed by atoms with van der Waals surface area (Å²) in [4.78, 5) is 15.0. The van der Waals surface area contributed by atoms with Gasteiger partial charge >= 0.3 is 0 Å². The Bertz CT molecular complexity index is 3410. The topological polar surface area (TPSA) is 69.9 Å². The van der Waals surface area contributed by atoms with Crippen LogP contribution in [0, 0.1) is 0 Å². The molecule has 0 N–H and O–H groups in total. The summed E-state index contributed by atoms with van der Waals surface area (Å²) < 4.78 is 15.2. The molecule has 0 radical (unpaired) electrons. The van der Waals surface area contributed by atoms with Gasteiger partial charge in [-0.3, -0.25) is 0 Å². The lowest BCUT2D eigenvalue weighted by Crippen LogP contribution is -2.00. The number of para-hydroxylation sites is 2. The van der Waals surface area contributed by atoms with Crippen molar-refractivity contribution in [3.05, 3.63) is 182 Å². The van der Waals surface area contributed by atoms with E-state index in [0.717, 1.165) is 77.4 Å². The molecule has 12 aromatic rings. The molecule has 0 bridgehead atoms. The second-order valence-corrected chi connectivity index (χ2v) is 14.4. The first-order valence-corrected chi connectivity index (χ1v) is 19.0. The van der Waals surface area contributed by atoms with Crippen LogP contribution < -0.4 is 0 Å². The van der Waals surface area contributed by atoms with Gasteiger partial charge in [0.2, 0.25) is 0 Å². The van der Waals surface area contributed by atoms with Gasteiger partial charge in [0, 0.05) is 54.7 Å². The molecule has 8 aromatic carbocycles. The minimum atomic E-state index is 0.590. The molecule has 4 heterocycles. The molecule has 0 aliphatic rings. The van der Waals surface area contributed by atoms with Crippen molar-refractivity contribution in [1.29, 1.82) is 0 Å². The minimum absolute atomic E-state index is 0.590. The lowest BCUT2D eigenvalue weighted by Gasteiger charge is -2.09. The summed E-state index contributed by atoms with van der Waals surface area (Å²) in [6.45, 7) is 0. The zero-order valence-corrected chi connectivity index (χ0v) is 30.4. The molecule has 6 nitrogen and oxygen atoms in total. The number of benzene rings is 8. The van der Waals surface area contributed by atoms with Gasteiger partial charge in [0.05, 0.1) is 11.0 Å². The quantitative estimate of drug-likeness (QED) is 0.176. The van der Waals surface area contributed by atoms with Crippen molar-refractivity contribution in [2.24, 2.45) is 0 Å². The lowest BCUT2D eigenvalue weighted by molar-refractivity contribution is 0.668. The lowest BCUT2D eigenvalue weighted by atomic mass is 9.99. The summed E-state index contributed by atoms with van der Waals surface area (Å²) in [5.41, 5.74) is 11.6. The van der Waals surface area contributed by atoms with Gasteiger partial charge in [0.25, 0.3) is 0 Å². The molecule has 0 saturated carbocycles. The predicted octanol–water partition coefficient (Wildman–Crippen LogP) is 13.4. The number of rotatable bonds is 5. The van der Waals surface area contributed by atoms with Crippen molar-refractivity contribution in [2.75, 3.05) is 0 Å². The van der Waals surface area contributed by atoms with Crippen LogP contribution in [0.15, 0.2) is 191 Å². The Balaban J connectivity index is 1.01. The van der Waals surface area contributed by atoms with E-state index in [0.29, 0.717) is 17.5 Å². The van der Waals surface area contributed by atoms with E-state index in [9.17, 15) is 0 Å². The maximum absolute atomic E-state index is 6.47. The molecule has 0 amide bonds. The smallest absolute Gasteiger partial charge is 0.164 e. The number of fused-ring (bicyclic) bond motifs is 9. The highest BCUT2D eigenvalue weighted by Crippen LogP contribution is 2.40. The van der Waals surface area contributed by atoms with E-state index < -0.39 is 0 Å². The third kappa shape index (κ3) is 5.01. The van der Waals surface area contributed by atoms with E-state index in [1.807, 2.05) is 72.8 Å². The highest BCUT2D eigenvalue weighted by molar-refractivity contribution is 6.14. The minimum Gasteiger partial charge on any atom is -0.456 e. The average molecular weight is 731 g/mol. The number of furan rings is 2. The number of hydrogen-bond acceptors (Lipinski definition) is 5. The molecule has 0 spiro atoms. The molecular weight excluding hydrogens is 701 g/mol. The van der Waals surface area contributed by atoms with Crippen molar-refractivity contribution < 1.29 is 8.83 Å². The van der Waals surface area contributed by atoms with Gasteiger partial charge in [-0.2, -0.15) is 0 Å². The summed E-state index contributed by atoms with van der Waals surface area (Å²) in [5, 5.41) is 6.57. The first kappa shape index (κ1) is 31.5. The maximum atomic E-state index is 6.47. The second kappa shape index (κ2) is 12.3. The first-order valence-electron chi connectivity index (χ1n) is 19.0. The molecular formula is C51H30N4O2. The molecule has 4 aromatic heterocycles. The van der Waals surface area contributed by atoms with Gasteiger partial charge in [-0.15, -0.1) is 0 Å². The van der Waals surface area contributed by atoms with Gasteiger partial charge in [-0.1, -0.05) is 121 Å². The molecule has 0 atom stereocenters. The Labute approximate surface area is 325 Å². The number of nitrogens with zero attached hydrogens (tertiary/aromatic N) is 4. The van der Waals surface area contributed by atoms with Gasteiger partial charge in [0.15, 0.2) is 17.5 Å². The second-order valence-electron chi connectivity index (χ2n) is 14.4. The van der Waals surface area contributed by atoms with Gasteiger partial charge in [-0.05, 0) is 71.8 Å². The Morgan fingerprint density at radius 3 is 1.49 bits per heavy atom. The van der Waals surface area contributed by atoms with Crippen LogP contribution in [-0.4, -0.2) is 19.5 Å². The Morgan fingerprint density at radius 2 is 0.842 bits per heavy atom. The Morgan fingerprint density at radius 1 is 0.333 bits per heavy atom. The van der Waals surface area contributed by atoms with Crippen LogP contribution in [0.2, 0.25) is 0 Å². The zero-order chi connectivity index (χ0) is 37.5. The van der Waals surface area contributed by atoms with Crippen LogP contribution >= 0.6 is 0 Å². The summed E-state index contributed by atoms with van der Waals surface area (Å²) in [6.07, 6.45) is 0. The van der Waals surface area contributed by atoms with Crippen LogP contribution in [0.3, 0.4) is 0 Å². The standard InChI is InChI=1S/C51H30N4O2/c1-3-12-31(13-4-1)49-52-50(32-14-5-2-6-15-32)54-51(53-49)38-18-11-21-47-48(38)41-29-34(23-26-46(41)57-47)33-22-25-44-39(28-33)40-30-35(24-27-45(40)56-44)55-42-19-9-7-16-36(42)37-17-8-10-20-43(37)55/h1-30H. The molecule has 6 heteroatoms. The van der Waals surface area contributed by atoms with Crippen molar-refractivity contribution in [1.82, 2.24) is 19.5 Å². The number of hydrogen-bond donors (Lipinski definition) is 0. The SMILES string of the molecule is c1ccc(-c2nc(-c3ccccc3)nc(-c3cccc4oc5ccc(-c6ccc7oc8ccc(-n9c%10ccccc%10c%10ccccc%109)cc8c7c6)cc5c34)n2)cc1. The van der Waals surface area contributed by atoms with Crippen molar-refractivity contribution >= 4 is 65.7 Å². The van der Waals surface area contributed by atoms with Crippen molar-refractivity contribution in [2.45, 2.75) is 0 Å². The van der Waals surface area contributed by atoms with E-state index in [1.54, 1.807) is 0 Å². The van der Waals surface area contributed by atoms with Crippen LogP contribution in [0.5, 0.6) is 0 Å². The first-order chi connectivity index (χ1) is 28.2. The highest BCUT2D eigenvalue weighted by Gasteiger charge is 2.19. The van der Waals surface area contributed by atoms with Crippen LogP contribution in [-0.2, 0) is 0 Å². The van der Waals surface area contributed by atoms with E-state index in [-0.39, 0.29) is 0 Å². The van der Waals surface area contributed by atoms with Crippen molar-refractivity contribution in [3.8, 4) is 51.0 Å². The molecule has 0 aliphatic heterocycles. The Hall–Kier alpha value is -7.83. The summed E-state index contributed by atoms with van der Waals surface area (Å²) in [6, 6.07) is 62.7. The third-order valence-electron chi connectivity index (χ3n) is 11.1. The summed E-state index contributed by atoms with van der Waals surface area (Å²) >= 11 is 0. The van der Waals surface area contributed by atoms with Gasteiger partial charge in [-0.25, -0.2) is 15.0 Å². The normalized spacial score (nSPS) is 11.9. The molecule has 0 aliphatic carbocycles. The molecule has 57 heavy (non-hydrogen) atoms. The fourth-order valence-corrected chi connectivity index (χ4v) is 8.41. The van der Waals surface area contributed by atoms with Crippen LogP contribution in [0.1, 0.15) is 0 Å². The van der Waals surface area contributed by atoms with Crippen LogP contribution in [0.4, 0.5) is 0 Å². The average Bonchev–Trinajstić information content (AvgIpc) is 3.95. The molecule has 0 saturated heterocycles. The van der Waals surface area contributed by atoms with E-state index in [2.05, 4.69) is 114 Å². The molecule has 0 unspecified atom stereocenters. The van der Waals surface area contributed by atoms with Crippen LogP contribution in [0.25, 0.3) is 117 Å². The monoisotopic (exact) mass is 730 g/mol.